The molecule has 1 aromatic rings. The number of carbonyl (C=O) groups excluding carboxylic acids is 1. The van der Waals surface area contributed by atoms with Crippen molar-refractivity contribution < 1.29 is 24.6 Å². The fraction of sp³-hybridized carbons (Fsp3) is 0.308. The van der Waals surface area contributed by atoms with Crippen LogP contribution in [0.15, 0.2) is 30.3 Å². The zero-order valence-corrected chi connectivity index (χ0v) is 9.70. The van der Waals surface area contributed by atoms with Gasteiger partial charge >= 0.3 is 11.9 Å². The standard InChI is InChI=1S/C13H14O5/c14-11(13(17)18)10(12(15)16)8-4-7-9-5-2-1-3-6-9/h1-3,5-6,10H,4,7-8H2,(H,15,16)(H,17,18). The van der Waals surface area contributed by atoms with E-state index in [1.54, 1.807) is 0 Å². The van der Waals surface area contributed by atoms with Crippen LogP contribution in [-0.4, -0.2) is 27.9 Å². The van der Waals surface area contributed by atoms with Crippen molar-refractivity contribution in [1.29, 1.82) is 0 Å². The smallest absolute Gasteiger partial charge is 0.373 e. The summed E-state index contributed by atoms with van der Waals surface area (Å²) in [5, 5.41) is 17.3. The first-order valence-electron chi connectivity index (χ1n) is 5.56. The van der Waals surface area contributed by atoms with E-state index in [1.807, 2.05) is 30.3 Å². The molecule has 0 saturated carbocycles. The number of carbonyl (C=O) groups is 3. The molecule has 0 heterocycles. The average molecular weight is 250 g/mol. The third kappa shape index (κ3) is 4.01. The molecule has 0 radical (unpaired) electrons. The van der Waals surface area contributed by atoms with Crippen LogP contribution in [0.25, 0.3) is 0 Å². The lowest BCUT2D eigenvalue weighted by atomic mass is 9.96. The second kappa shape index (κ2) is 6.54. The molecule has 1 atom stereocenters. The fourth-order valence-corrected chi connectivity index (χ4v) is 1.67. The third-order valence-electron chi connectivity index (χ3n) is 2.63. The van der Waals surface area contributed by atoms with Gasteiger partial charge in [-0.3, -0.25) is 9.59 Å². The molecule has 0 aromatic heterocycles. The van der Waals surface area contributed by atoms with Crippen molar-refractivity contribution in [2.45, 2.75) is 19.3 Å². The molecule has 0 aliphatic rings. The maximum Gasteiger partial charge on any atom is 0.373 e. The molecule has 1 aromatic carbocycles. The molecule has 5 heteroatoms. The van der Waals surface area contributed by atoms with Gasteiger partial charge in [0.25, 0.3) is 5.78 Å². The first kappa shape index (κ1) is 13.9. The quantitative estimate of drug-likeness (QED) is 0.563. The Balaban J connectivity index is 2.51. The average Bonchev–Trinajstić information content (AvgIpc) is 2.34. The van der Waals surface area contributed by atoms with Crippen LogP contribution in [0.1, 0.15) is 18.4 Å². The van der Waals surface area contributed by atoms with Crippen molar-refractivity contribution in [2.75, 3.05) is 0 Å². The Labute approximate surface area is 104 Å². The third-order valence-corrected chi connectivity index (χ3v) is 2.63. The number of hydrogen-bond donors (Lipinski definition) is 2. The maximum atomic E-state index is 11.1. The summed E-state index contributed by atoms with van der Waals surface area (Å²) < 4.78 is 0. The van der Waals surface area contributed by atoms with Crippen molar-refractivity contribution in [3.8, 4) is 0 Å². The number of Topliss-reactive ketones (excluding diaryl/α,β-unsaturated/α-hetero) is 1. The minimum atomic E-state index is -1.69. The van der Waals surface area contributed by atoms with E-state index in [0.717, 1.165) is 5.56 Å². The number of benzene rings is 1. The molecule has 0 saturated heterocycles. The highest BCUT2D eigenvalue weighted by atomic mass is 16.4. The van der Waals surface area contributed by atoms with Gasteiger partial charge in [0.1, 0.15) is 5.92 Å². The Bertz CT molecular complexity index is 438. The predicted molar refractivity (Wildman–Crippen MR) is 63.1 cm³/mol. The molecular formula is C13H14O5. The zero-order chi connectivity index (χ0) is 13.5. The van der Waals surface area contributed by atoms with E-state index < -0.39 is 23.6 Å². The minimum absolute atomic E-state index is 0.0371. The molecule has 0 amide bonds. The summed E-state index contributed by atoms with van der Waals surface area (Å²) in [5.41, 5.74) is 1.03. The van der Waals surface area contributed by atoms with Crippen LogP contribution in [0.5, 0.6) is 0 Å². The second-order valence-corrected chi connectivity index (χ2v) is 3.94. The van der Waals surface area contributed by atoms with Gasteiger partial charge < -0.3 is 10.2 Å². The van der Waals surface area contributed by atoms with Gasteiger partial charge in [-0.05, 0) is 24.8 Å². The molecule has 0 bridgehead atoms. The second-order valence-electron chi connectivity index (χ2n) is 3.94. The molecule has 0 fully saturated rings. The van der Waals surface area contributed by atoms with Crippen molar-refractivity contribution in [3.63, 3.8) is 0 Å². The largest absolute Gasteiger partial charge is 0.481 e. The van der Waals surface area contributed by atoms with Crippen LogP contribution >= 0.6 is 0 Å². The van der Waals surface area contributed by atoms with Crippen molar-refractivity contribution in [2.24, 2.45) is 5.92 Å². The highest BCUT2D eigenvalue weighted by molar-refractivity contribution is 6.36. The Hall–Kier alpha value is -2.17. The van der Waals surface area contributed by atoms with E-state index in [4.69, 9.17) is 10.2 Å². The Morgan fingerprint density at radius 1 is 1.06 bits per heavy atom. The molecule has 18 heavy (non-hydrogen) atoms. The number of carboxylic acids is 2. The topological polar surface area (TPSA) is 91.7 Å². The van der Waals surface area contributed by atoms with Crippen LogP contribution < -0.4 is 0 Å². The molecular weight excluding hydrogens is 236 g/mol. The van der Waals surface area contributed by atoms with Gasteiger partial charge in [0.15, 0.2) is 0 Å². The Morgan fingerprint density at radius 3 is 2.17 bits per heavy atom. The van der Waals surface area contributed by atoms with Crippen molar-refractivity contribution in [1.82, 2.24) is 0 Å². The summed E-state index contributed by atoms with van der Waals surface area (Å²) in [6, 6.07) is 9.40. The molecule has 96 valence electrons. The molecule has 1 rings (SSSR count). The summed E-state index contributed by atoms with van der Waals surface area (Å²) in [6.45, 7) is 0. The van der Waals surface area contributed by atoms with E-state index in [9.17, 15) is 14.4 Å². The van der Waals surface area contributed by atoms with Crippen molar-refractivity contribution in [3.05, 3.63) is 35.9 Å². The number of aliphatic carboxylic acids is 2. The SMILES string of the molecule is O=C(O)C(=O)C(CCCc1ccccc1)C(=O)O. The van der Waals surface area contributed by atoms with Gasteiger partial charge in [0, 0.05) is 0 Å². The molecule has 0 aliphatic heterocycles. The number of carboxylic acid groups (broad SMARTS) is 2. The highest BCUT2D eigenvalue weighted by Crippen LogP contribution is 2.12. The van der Waals surface area contributed by atoms with Gasteiger partial charge in [0.05, 0.1) is 0 Å². The van der Waals surface area contributed by atoms with Gasteiger partial charge in [-0.1, -0.05) is 30.3 Å². The van der Waals surface area contributed by atoms with E-state index >= 15 is 0 Å². The summed E-state index contributed by atoms with van der Waals surface area (Å²) in [5.74, 6) is -5.78. The number of ketones is 1. The summed E-state index contributed by atoms with van der Waals surface area (Å²) >= 11 is 0. The molecule has 0 spiro atoms. The van der Waals surface area contributed by atoms with Crippen molar-refractivity contribution >= 4 is 17.7 Å². The summed E-state index contributed by atoms with van der Waals surface area (Å²) in [4.78, 5) is 32.4. The zero-order valence-electron chi connectivity index (χ0n) is 9.70. The Kier molecular flexibility index (Phi) is 5.05. The van der Waals surface area contributed by atoms with E-state index in [0.29, 0.717) is 12.8 Å². The van der Waals surface area contributed by atoms with E-state index in [2.05, 4.69) is 0 Å². The first-order chi connectivity index (χ1) is 8.52. The van der Waals surface area contributed by atoms with E-state index in [1.165, 1.54) is 0 Å². The van der Waals surface area contributed by atoms with Gasteiger partial charge in [-0.25, -0.2) is 4.79 Å². The number of hydrogen-bond acceptors (Lipinski definition) is 3. The number of aryl methyl sites for hydroxylation is 1. The van der Waals surface area contributed by atoms with Crippen LogP contribution in [0.2, 0.25) is 0 Å². The monoisotopic (exact) mass is 250 g/mol. The lowest BCUT2D eigenvalue weighted by molar-refractivity contribution is -0.157. The highest BCUT2D eigenvalue weighted by Gasteiger charge is 2.30. The first-order valence-corrected chi connectivity index (χ1v) is 5.56. The van der Waals surface area contributed by atoms with Crippen LogP contribution in [0, 0.1) is 5.92 Å². The molecule has 2 N–H and O–H groups in total. The van der Waals surface area contributed by atoms with Crippen LogP contribution in [0.4, 0.5) is 0 Å². The Morgan fingerprint density at radius 2 is 1.67 bits per heavy atom. The van der Waals surface area contributed by atoms with Crippen LogP contribution in [0.3, 0.4) is 0 Å². The van der Waals surface area contributed by atoms with Crippen LogP contribution in [-0.2, 0) is 20.8 Å². The van der Waals surface area contributed by atoms with Gasteiger partial charge in [0.2, 0.25) is 0 Å². The minimum Gasteiger partial charge on any atom is -0.481 e. The van der Waals surface area contributed by atoms with Gasteiger partial charge in [-0.15, -0.1) is 0 Å². The molecule has 5 nitrogen and oxygen atoms in total. The summed E-state index contributed by atoms with van der Waals surface area (Å²) in [6.07, 6.45) is 1.12. The van der Waals surface area contributed by atoms with E-state index in [-0.39, 0.29) is 6.42 Å². The molecule has 0 aliphatic carbocycles. The van der Waals surface area contributed by atoms with Gasteiger partial charge in [-0.2, -0.15) is 0 Å². The lowest BCUT2D eigenvalue weighted by Crippen LogP contribution is -2.30. The fourth-order valence-electron chi connectivity index (χ4n) is 1.67. The maximum absolute atomic E-state index is 11.1. The predicted octanol–water partition coefficient (Wildman–Crippen LogP) is 1.36. The normalized spacial score (nSPS) is 11.8. The molecule has 1 unspecified atom stereocenters. The lowest BCUT2D eigenvalue weighted by Gasteiger charge is -2.08. The number of rotatable bonds is 7. The summed E-state index contributed by atoms with van der Waals surface area (Å²) in [7, 11) is 0.